The van der Waals surface area contributed by atoms with E-state index in [2.05, 4.69) is 10.7 Å². The van der Waals surface area contributed by atoms with Gasteiger partial charge < -0.3 is 9.47 Å². The molecule has 0 fully saturated rings. The standard InChI is InChI=1S/C8H12O3/c1-3-4-5-6-11-7-8(9)10-2/h1H,4-7H2,2H3. The molecule has 0 aromatic carbocycles. The van der Waals surface area contributed by atoms with Crippen molar-refractivity contribution in [2.75, 3.05) is 20.3 Å². The summed E-state index contributed by atoms with van der Waals surface area (Å²) in [6, 6.07) is 0. The van der Waals surface area contributed by atoms with E-state index in [1.807, 2.05) is 0 Å². The van der Waals surface area contributed by atoms with E-state index in [4.69, 9.17) is 11.2 Å². The molecule has 0 N–H and O–H groups in total. The highest BCUT2D eigenvalue weighted by Crippen LogP contribution is 1.87. The zero-order chi connectivity index (χ0) is 8.53. The Hall–Kier alpha value is -1.01. The molecular formula is C8H12O3. The molecule has 0 aliphatic heterocycles. The van der Waals surface area contributed by atoms with Crippen molar-refractivity contribution in [3.63, 3.8) is 0 Å². The third-order valence-corrected chi connectivity index (χ3v) is 1.06. The Labute approximate surface area is 66.7 Å². The topological polar surface area (TPSA) is 35.5 Å². The molecule has 0 aromatic rings. The summed E-state index contributed by atoms with van der Waals surface area (Å²) in [4.78, 5) is 10.5. The molecule has 0 aliphatic rings. The van der Waals surface area contributed by atoms with E-state index >= 15 is 0 Å². The molecule has 0 bridgehead atoms. The van der Waals surface area contributed by atoms with Gasteiger partial charge in [0.05, 0.1) is 7.11 Å². The Morgan fingerprint density at radius 1 is 1.64 bits per heavy atom. The van der Waals surface area contributed by atoms with Gasteiger partial charge in [-0.25, -0.2) is 4.79 Å². The van der Waals surface area contributed by atoms with Gasteiger partial charge in [0.1, 0.15) is 6.61 Å². The van der Waals surface area contributed by atoms with Crippen LogP contribution in [0, 0.1) is 12.3 Å². The van der Waals surface area contributed by atoms with Crippen LogP contribution in [0.2, 0.25) is 0 Å². The molecule has 0 aliphatic carbocycles. The van der Waals surface area contributed by atoms with Gasteiger partial charge in [-0.2, -0.15) is 0 Å². The Balaban J connectivity index is 3.03. The fraction of sp³-hybridized carbons (Fsp3) is 0.625. The van der Waals surface area contributed by atoms with E-state index in [0.717, 1.165) is 6.42 Å². The fourth-order valence-electron chi connectivity index (χ4n) is 0.491. The minimum Gasteiger partial charge on any atom is -0.467 e. The predicted molar refractivity (Wildman–Crippen MR) is 40.9 cm³/mol. The van der Waals surface area contributed by atoms with Crippen molar-refractivity contribution in [2.45, 2.75) is 12.8 Å². The summed E-state index contributed by atoms with van der Waals surface area (Å²) in [6.45, 7) is 0.528. The molecule has 0 amide bonds. The molecular weight excluding hydrogens is 144 g/mol. The minimum absolute atomic E-state index is 0.0150. The van der Waals surface area contributed by atoms with Gasteiger partial charge in [0.2, 0.25) is 0 Å². The van der Waals surface area contributed by atoms with Crippen molar-refractivity contribution < 1.29 is 14.3 Å². The van der Waals surface area contributed by atoms with Crippen molar-refractivity contribution in [2.24, 2.45) is 0 Å². The van der Waals surface area contributed by atoms with Crippen LogP contribution in [0.25, 0.3) is 0 Å². The first-order chi connectivity index (χ1) is 5.31. The summed E-state index contributed by atoms with van der Waals surface area (Å²) in [5.41, 5.74) is 0. The highest BCUT2D eigenvalue weighted by molar-refractivity contribution is 5.70. The van der Waals surface area contributed by atoms with Crippen LogP contribution in [0.1, 0.15) is 12.8 Å². The average molecular weight is 156 g/mol. The molecule has 62 valence electrons. The largest absolute Gasteiger partial charge is 0.467 e. The first-order valence-electron chi connectivity index (χ1n) is 3.39. The lowest BCUT2D eigenvalue weighted by Crippen LogP contribution is -2.10. The van der Waals surface area contributed by atoms with Crippen LogP contribution in [-0.2, 0) is 14.3 Å². The van der Waals surface area contributed by atoms with Crippen LogP contribution in [0.4, 0.5) is 0 Å². The van der Waals surface area contributed by atoms with Gasteiger partial charge in [-0.15, -0.1) is 12.3 Å². The molecule has 3 heteroatoms. The van der Waals surface area contributed by atoms with E-state index in [0.29, 0.717) is 13.0 Å². The predicted octanol–water partition coefficient (Wildman–Crippen LogP) is 0.589. The van der Waals surface area contributed by atoms with Crippen LogP contribution in [-0.4, -0.2) is 26.3 Å². The van der Waals surface area contributed by atoms with Crippen LogP contribution in [0.15, 0.2) is 0 Å². The third kappa shape index (κ3) is 6.88. The number of unbranched alkanes of at least 4 members (excludes halogenated alkanes) is 1. The molecule has 0 saturated heterocycles. The maximum absolute atomic E-state index is 10.5. The molecule has 0 saturated carbocycles. The van der Waals surface area contributed by atoms with Gasteiger partial charge in [-0.3, -0.25) is 0 Å². The van der Waals surface area contributed by atoms with Crippen LogP contribution < -0.4 is 0 Å². The second-order valence-corrected chi connectivity index (χ2v) is 1.94. The van der Waals surface area contributed by atoms with Crippen LogP contribution in [0.3, 0.4) is 0 Å². The molecule has 0 aromatic heterocycles. The number of hydrogen-bond acceptors (Lipinski definition) is 3. The monoisotopic (exact) mass is 156 g/mol. The van der Waals surface area contributed by atoms with E-state index in [-0.39, 0.29) is 12.6 Å². The molecule has 0 unspecified atom stereocenters. The Kier molecular flexibility index (Phi) is 6.45. The summed E-state index contributed by atoms with van der Waals surface area (Å²) < 4.78 is 9.27. The van der Waals surface area contributed by atoms with Gasteiger partial charge in [0.15, 0.2) is 0 Å². The Bertz CT molecular complexity index is 146. The number of rotatable bonds is 5. The number of esters is 1. The lowest BCUT2D eigenvalue weighted by Gasteiger charge is -1.99. The lowest BCUT2D eigenvalue weighted by molar-refractivity contribution is -0.145. The molecule has 3 nitrogen and oxygen atoms in total. The number of carbonyl (C=O) groups is 1. The average Bonchev–Trinajstić information content (AvgIpc) is 2.04. The van der Waals surface area contributed by atoms with Crippen molar-refractivity contribution in [1.29, 1.82) is 0 Å². The summed E-state index contributed by atoms with van der Waals surface area (Å²) in [5.74, 6) is 2.12. The lowest BCUT2D eigenvalue weighted by atomic mass is 10.3. The van der Waals surface area contributed by atoms with Crippen molar-refractivity contribution >= 4 is 5.97 Å². The van der Waals surface area contributed by atoms with Gasteiger partial charge >= 0.3 is 5.97 Å². The molecule has 0 spiro atoms. The maximum Gasteiger partial charge on any atom is 0.331 e. The smallest absolute Gasteiger partial charge is 0.331 e. The van der Waals surface area contributed by atoms with Crippen LogP contribution >= 0.6 is 0 Å². The number of carbonyl (C=O) groups excluding carboxylic acids is 1. The summed E-state index contributed by atoms with van der Waals surface area (Å²) in [7, 11) is 1.33. The Morgan fingerprint density at radius 2 is 2.36 bits per heavy atom. The zero-order valence-corrected chi connectivity index (χ0v) is 6.63. The normalized spacial score (nSPS) is 8.73. The Morgan fingerprint density at radius 3 is 2.91 bits per heavy atom. The van der Waals surface area contributed by atoms with Gasteiger partial charge in [-0.05, 0) is 6.42 Å². The second-order valence-electron chi connectivity index (χ2n) is 1.94. The van der Waals surface area contributed by atoms with Gasteiger partial charge in [0, 0.05) is 13.0 Å². The second kappa shape index (κ2) is 7.10. The molecule has 0 rings (SSSR count). The number of hydrogen-bond donors (Lipinski definition) is 0. The summed E-state index contributed by atoms with van der Waals surface area (Å²) >= 11 is 0. The van der Waals surface area contributed by atoms with E-state index in [1.54, 1.807) is 0 Å². The number of methoxy groups -OCH3 is 1. The number of ether oxygens (including phenoxy) is 2. The zero-order valence-electron chi connectivity index (χ0n) is 6.63. The van der Waals surface area contributed by atoms with Gasteiger partial charge in [-0.1, -0.05) is 0 Å². The molecule has 0 atom stereocenters. The van der Waals surface area contributed by atoms with Gasteiger partial charge in [0.25, 0.3) is 0 Å². The fourth-order valence-corrected chi connectivity index (χ4v) is 0.491. The number of terminal acetylenes is 1. The van der Waals surface area contributed by atoms with Crippen molar-refractivity contribution in [3.05, 3.63) is 0 Å². The summed E-state index contributed by atoms with van der Waals surface area (Å²) in [6.07, 6.45) is 6.47. The highest BCUT2D eigenvalue weighted by Gasteiger charge is 1.97. The quantitative estimate of drug-likeness (QED) is 0.332. The van der Waals surface area contributed by atoms with E-state index < -0.39 is 0 Å². The minimum atomic E-state index is -0.356. The first kappa shape index (κ1) is 9.99. The van der Waals surface area contributed by atoms with E-state index in [9.17, 15) is 4.79 Å². The molecule has 11 heavy (non-hydrogen) atoms. The molecule has 0 heterocycles. The van der Waals surface area contributed by atoms with Crippen LogP contribution in [0.5, 0.6) is 0 Å². The van der Waals surface area contributed by atoms with E-state index in [1.165, 1.54) is 7.11 Å². The summed E-state index contributed by atoms with van der Waals surface area (Å²) in [5, 5.41) is 0. The third-order valence-electron chi connectivity index (χ3n) is 1.06. The van der Waals surface area contributed by atoms with Crippen molar-refractivity contribution in [3.8, 4) is 12.3 Å². The highest BCUT2D eigenvalue weighted by atomic mass is 16.6. The molecule has 0 radical (unpaired) electrons. The van der Waals surface area contributed by atoms with Crippen molar-refractivity contribution in [1.82, 2.24) is 0 Å². The maximum atomic E-state index is 10.5. The SMILES string of the molecule is C#CCCCOCC(=O)OC. The first-order valence-corrected chi connectivity index (χ1v) is 3.39.